The monoisotopic (exact) mass is 420 g/mol. The van der Waals surface area contributed by atoms with Crippen LogP contribution >= 0.6 is 11.6 Å². The second-order valence-electron chi connectivity index (χ2n) is 6.80. The van der Waals surface area contributed by atoms with Crippen molar-refractivity contribution in [3.05, 3.63) is 95.0 Å². The van der Waals surface area contributed by atoms with Gasteiger partial charge in [-0.05, 0) is 55.0 Å². The molecule has 0 bridgehead atoms. The number of nitrogens with one attached hydrogen (secondary N) is 1. The average molecular weight is 421 g/mol. The SMILES string of the molecule is COc1ccccc1-n1c(-c2ccc(Cl)cc2)cc(C(=O)NCc2ccco2)c1C. The molecule has 5 nitrogen and oxygen atoms in total. The number of amides is 1. The molecule has 30 heavy (non-hydrogen) atoms. The molecule has 6 heteroatoms. The molecule has 4 aromatic rings. The smallest absolute Gasteiger partial charge is 0.253 e. The highest BCUT2D eigenvalue weighted by Crippen LogP contribution is 2.34. The lowest BCUT2D eigenvalue weighted by Crippen LogP contribution is -2.23. The van der Waals surface area contributed by atoms with Crippen molar-refractivity contribution in [1.29, 1.82) is 0 Å². The summed E-state index contributed by atoms with van der Waals surface area (Å²) in [6, 6.07) is 20.8. The van der Waals surface area contributed by atoms with Gasteiger partial charge >= 0.3 is 0 Å². The first-order valence-corrected chi connectivity index (χ1v) is 9.88. The Morgan fingerprint density at radius 1 is 1.10 bits per heavy atom. The second-order valence-corrected chi connectivity index (χ2v) is 7.24. The summed E-state index contributed by atoms with van der Waals surface area (Å²) in [5.74, 6) is 1.24. The van der Waals surface area contributed by atoms with Crippen LogP contribution in [0.4, 0.5) is 0 Å². The molecule has 0 saturated heterocycles. The van der Waals surface area contributed by atoms with E-state index in [4.69, 9.17) is 20.8 Å². The zero-order valence-corrected chi connectivity index (χ0v) is 17.4. The van der Waals surface area contributed by atoms with Crippen molar-refractivity contribution in [2.75, 3.05) is 7.11 Å². The van der Waals surface area contributed by atoms with Crippen molar-refractivity contribution in [2.45, 2.75) is 13.5 Å². The van der Waals surface area contributed by atoms with Crippen molar-refractivity contribution in [2.24, 2.45) is 0 Å². The lowest BCUT2D eigenvalue weighted by atomic mass is 10.1. The minimum atomic E-state index is -0.173. The fourth-order valence-corrected chi connectivity index (χ4v) is 3.60. The van der Waals surface area contributed by atoms with E-state index in [0.29, 0.717) is 28.6 Å². The van der Waals surface area contributed by atoms with Crippen LogP contribution < -0.4 is 10.1 Å². The Labute approximate surface area is 179 Å². The van der Waals surface area contributed by atoms with E-state index in [1.807, 2.05) is 72.2 Å². The van der Waals surface area contributed by atoms with Gasteiger partial charge in [0.25, 0.3) is 5.91 Å². The van der Waals surface area contributed by atoms with Gasteiger partial charge in [-0.2, -0.15) is 0 Å². The molecule has 4 rings (SSSR count). The molecule has 0 unspecified atom stereocenters. The van der Waals surface area contributed by atoms with Crippen molar-refractivity contribution in [3.63, 3.8) is 0 Å². The zero-order valence-electron chi connectivity index (χ0n) is 16.7. The number of hydrogen-bond donors (Lipinski definition) is 1. The Balaban J connectivity index is 1.80. The van der Waals surface area contributed by atoms with Crippen LogP contribution in [-0.2, 0) is 6.54 Å². The van der Waals surface area contributed by atoms with Gasteiger partial charge in [-0.15, -0.1) is 0 Å². The van der Waals surface area contributed by atoms with E-state index in [9.17, 15) is 4.79 Å². The predicted molar refractivity (Wildman–Crippen MR) is 117 cm³/mol. The molecule has 2 aromatic heterocycles. The lowest BCUT2D eigenvalue weighted by molar-refractivity contribution is 0.0947. The summed E-state index contributed by atoms with van der Waals surface area (Å²) < 4.78 is 12.9. The molecule has 1 amide bonds. The summed E-state index contributed by atoms with van der Waals surface area (Å²) in [5.41, 5.74) is 4.06. The summed E-state index contributed by atoms with van der Waals surface area (Å²) >= 11 is 6.08. The number of para-hydroxylation sites is 2. The van der Waals surface area contributed by atoms with Gasteiger partial charge in [-0.1, -0.05) is 35.9 Å². The van der Waals surface area contributed by atoms with Gasteiger partial charge in [-0.3, -0.25) is 4.79 Å². The Morgan fingerprint density at radius 3 is 2.57 bits per heavy atom. The minimum absolute atomic E-state index is 0.173. The summed E-state index contributed by atoms with van der Waals surface area (Å²) in [6.07, 6.45) is 1.59. The normalized spacial score (nSPS) is 10.8. The van der Waals surface area contributed by atoms with Crippen LogP contribution in [0.1, 0.15) is 21.8 Å². The van der Waals surface area contributed by atoms with Crippen LogP contribution in [-0.4, -0.2) is 17.6 Å². The molecular weight excluding hydrogens is 400 g/mol. The quantitative estimate of drug-likeness (QED) is 0.439. The third kappa shape index (κ3) is 3.84. The number of carbonyl (C=O) groups excluding carboxylic acids is 1. The van der Waals surface area contributed by atoms with E-state index in [1.165, 1.54) is 0 Å². The van der Waals surface area contributed by atoms with Crippen molar-refractivity contribution >= 4 is 17.5 Å². The topological polar surface area (TPSA) is 56.4 Å². The van der Waals surface area contributed by atoms with Crippen LogP contribution in [0.15, 0.2) is 77.4 Å². The van der Waals surface area contributed by atoms with Gasteiger partial charge in [0, 0.05) is 10.7 Å². The summed E-state index contributed by atoms with van der Waals surface area (Å²) in [7, 11) is 1.64. The van der Waals surface area contributed by atoms with E-state index in [2.05, 4.69) is 5.32 Å². The number of carbonyl (C=O) groups is 1. The zero-order chi connectivity index (χ0) is 21.1. The molecule has 152 valence electrons. The first-order valence-electron chi connectivity index (χ1n) is 9.50. The van der Waals surface area contributed by atoms with Crippen LogP contribution in [0.2, 0.25) is 5.02 Å². The van der Waals surface area contributed by atoms with E-state index in [1.54, 1.807) is 19.4 Å². The van der Waals surface area contributed by atoms with E-state index < -0.39 is 0 Å². The fraction of sp³-hybridized carbons (Fsp3) is 0.125. The number of hydrogen-bond acceptors (Lipinski definition) is 3. The highest BCUT2D eigenvalue weighted by atomic mass is 35.5. The second kappa shape index (κ2) is 8.51. The minimum Gasteiger partial charge on any atom is -0.495 e. The van der Waals surface area contributed by atoms with Crippen molar-refractivity contribution in [3.8, 4) is 22.7 Å². The summed E-state index contributed by atoms with van der Waals surface area (Å²) in [6.45, 7) is 2.25. The first-order chi connectivity index (χ1) is 14.6. The standard InChI is InChI=1S/C24H21ClN2O3/c1-16-20(24(28)26-15-19-6-5-13-30-19)14-22(17-9-11-18(25)12-10-17)27(16)21-7-3-4-8-23(21)29-2/h3-14H,15H2,1-2H3,(H,26,28). The predicted octanol–water partition coefficient (Wildman–Crippen LogP) is 5.64. The molecule has 0 aliphatic heterocycles. The first kappa shape index (κ1) is 19.9. The molecule has 2 heterocycles. The number of ether oxygens (including phenoxy) is 1. The summed E-state index contributed by atoms with van der Waals surface area (Å²) in [4.78, 5) is 13.0. The summed E-state index contributed by atoms with van der Waals surface area (Å²) in [5, 5.41) is 3.58. The molecule has 0 atom stereocenters. The number of rotatable bonds is 6. The average Bonchev–Trinajstić information content (AvgIpc) is 3.40. The van der Waals surface area contributed by atoms with Gasteiger partial charge in [0.05, 0.1) is 36.9 Å². The van der Waals surface area contributed by atoms with E-state index in [-0.39, 0.29) is 5.91 Å². The highest BCUT2D eigenvalue weighted by molar-refractivity contribution is 6.30. The number of furan rings is 1. The molecule has 0 spiro atoms. The van der Waals surface area contributed by atoms with Crippen molar-refractivity contribution in [1.82, 2.24) is 9.88 Å². The molecular formula is C24H21ClN2O3. The maximum Gasteiger partial charge on any atom is 0.253 e. The lowest BCUT2D eigenvalue weighted by Gasteiger charge is -2.15. The number of halogens is 1. The Morgan fingerprint density at radius 2 is 1.87 bits per heavy atom. The van der Waals surface area contributed by atoms with Crippen LogP contribution in [0.5, 0.6) is 5.75 Å². The van der Waals surface area contributed by atoms with Gasteiger partial charge in [0.15, 0.2) is 0 Å². The number of aromatic nitrogens is 1. The molecule has 0 aliphatic carbocycles. The molecule has 0 fully saturated rings. The Hall–Kier alpha value is -3.44. The maximum atomic E-state index is 13.0. The third-order valence-corrected chi connectivity index (χ3v) is 5.21. The van der Waals surface area contributed by atoms with Crippen LogP contribution in [0, 0.1) is 6.92 Å². The molecule has 1 N–H and O–H groups in total. The van der Waals surface area contributed by atoms with Crippen molar-refractivity contribution < 1.29 is 13.9 Å². The molecule has 2 aromatic carbocycles. The van der Waals surface area contributed by atoms with Gasteiger partial charge in [0.1, 0.15) is 11.5 Å². The van der Waals surface area contributed by atoms with Crippen LogP contribution in [0.3, 0.4) is 0 Å². The fourth-order valence-electron chi connectivity index (χ4n) is 3.47. The largest absolute Gasteiger partial charge is 0.495 e. The van der Waals surface area contributed by atoms with Gasteiger partial charge in [-0.25, -0.2) is 0 Å². The number of nitrogens with zero attached hydrogens (tertiary/aromatic N) is 1. The van der Waals surface area contributed by atoms with Gasteiger partial charge in [0.2, 0.25) is 0 Å². The van der Waals surface area contributed by atoms with Crippen LogP contribution in [0.25, 0.3) is 16.9 Å². The van der Waals surface area contributed by atoms with E-state index >= 15 is 0 Å². The number of methoxy groups -OCH3 is 1. The molecule has 0 saturated carbocycles. The Bertz CT molecular complexity index is 1160. The van der Waals surface area contributed by atoms with E-state index in [0.717, 1.165) is 22.6 Å². The Kier molecular flexibility index (Phi) is 5.63. The number of benzene rings is 2. The third-order valence-electron chi connectivity index (χ3n) is 4.96. The molecule has 0 aliphatic rings. The van der Waals surface area contributed by atoms with Gasteiger partial charge < -0.3 is 19.0 Å². The highest BCUT2D eigenvalue weighted by Gasteiger charge is 2.21. The maximum absolute atomic E-state index is 13.0. The molecule has 0 radical (unpaired) electrons.